The molecule has 0 aliphatic carbocycles. The maximum Gasteiger partial charge on any atom is 0.334 e. The van der Waals surface area contributed by atoms with E-state index in [2.05, 4.69) is 15.9 Å². The van der Waals surface area contributed by atoms with E-state index in [0.29, 0.717) is 4.47 Å². The van der Waals surface area contributed by atoms with E-state index >= 15 is 0 Å². The Balaban J connectivity index is 2.77. The molecule has 0 saturated carbocycles. The fourth-order valence-corrected chi connectivity index (χ4v) is 1.46. The second-order valence-electron chi connectivity index (χ2n) is 3.16. The topological polar surface area (TPSA) is 35.5 Å². The zero-order valence-corrected chi connectivity index (χ0v) is 11.1. The summed E-state index contributed by atoms with van der Waals surface area (Å²) >= 11 is 3.05. The van der Waals surface area contributed by atoms with Crippen molar-refractivity contribution in [3.05, 3.63) is 40.3 Å². The van der Waals surface area contributed by atoms with Gasteiger partial charge in [0.1, 0.15) is 5.76 Å². The minimum Gasteiger partial charge on any atom is -0.463 e. The van der Waals surface area contributed by atoms with Gasteiger partial charge in [-0.25, -0.2) is 9.18 Å². The molecule has 17 heavy (non-hydrogen) atoms. The van der Waals surface area contributed by atoms with Crippen LogP contribution in [-0.4, -0.2) is 12.6 Å². The van der Waals surface area contributed by atoms with Crippen LogP contribution in [0, 0.1) is 5.82 Å². The molecule has 5 heteroatoms. The van der Waals surface area contributed by atoms with Crippen molar-refractivity contribution in [3.8, 4) is 5.75 Å². The van der Waals surface area contributed by atoms with Crippen molar-refractivity contribution in [1.29, 1.82) is 0 Å². The lowest BCUT2D eigenvalue weighted by molar-refractivity contribution is -0.137. The smallest absolute Gasteiger partial charge is 0.334 e. The van der Waals surface area contributed by atoms with Crippen molar-refractivity contribution in [2.75, 3.05) is 6.61 Å². The van der Waals surface area contributed by atoms with E-state index in [1.807, 2.05) is 0 Å². The highest BCUT2D eigenvalue weighted by Crippen LogP contribution is 2.25. The molecule has 0 aromatic heterocycles. The van der Waals surface area contributed by atoms with E-state index in [4.69, 9.17) is 9.47 Å². The summed E-state index contributed by atoms with van der Waals surface area (Å²) in [5.41, 5.74) is 0. The first-order valence-electron chi connectivity index (χ1n) is 5.01. The van der Waals surface area contributed by atoms with Crippen molar-refractivity contribution in [2.24, 2.45) is 0 Å². The molecular weight excluding hydrogens is 291 g/mol. The van der Waals surface area contributed by atoms with E-state index in [0.717, 1.165) is 0 Å². The Morgan fingerprint density at radius 2 is 2.24 bits per heavy atom. The maximum atomic E-state index is 13.5. The summed E-state index contributed by atoms with van der Waals surface area (Å²) < 4.78 is 23.7. The quantitative estimate of drug-likeness (QED) is 0.485. The van der Waals surface area contributed by atoms with Crippen LogP contribution in [0.5, 0.6) is 5.75 Å². The van der Waals surface area contributed by atoms with Crippen LogP contribution in [0.4, 0.5) is 4.39 Å². The second-order valence-corrected chi connectivity index (χ2v) is 4.02. The predicted octanol–water partition coefficient (Wildman–Crippen LogP) is 3.43. The van der Waals surface area contributed by atoms with Gasteiger partial charge in [0.05, 0.1) is 17.2 Å². The zero-order valence-electron chi connectivity index (χ0n) is 9.50. The summed E-state index contributed by atoms with van der Waals surface area (Å²) in [5.74, 6) is -0.706. The Hall–Kier alpha value is -1.36. The highest BCUT2D eigenvalue weighted by Gasteiger charge is 2.08. The van der Waals surface area contributed by atoms with Gasteiger partial charge in [0.25, 0.3) is 0 Å². The average Bonchev–Trinajstić information content (AvgIpc) is 2.25. The third-order valence-electron chi connectivity index (χ3n) is 1.79. The number of ether oxygens (including phenoxy) is 2. The van der Waals surface area contributed by atoms with Gasteiger partial charge in [0, 0.05) is 0 Å². The van der Waals surface area contributed by atoms with Gasteiger partial charge in [-0.05, 0) is 41.9 Å². The van der Waals surface area contributed by atoms with Crippen LogP contribution >= 0.6 is 15.9 Å². The fourth-order valence-electron chi connectivity index (χ4n) is 1.12. The molecule has 1 aromatic carbocycles. The normalized spacial score (nSPS) is 11.2. The maximum absolute atomic E-state index is 13.5. The molecule has 0 unspecified atom stereocenters. The minimum absolute atomic E-state index is 0.0532. The molecule has 0 heterocycles. The number of carbonyl (C=O) groups excluding carboxylic acids is 1. The molecule has 0 bridgehead atoms. The molecule has 3 nitrogen and oxygen atoms in total. The fraction of sp³-hybridized carbons (Fsp3) is 0.250. The molecule has 0 radical (unpaired) electrons. The number of halogens is 2. The van der Waals surface area contributed by atoms with Crippen LogP contribution in [0.3, 0.4) is 0 Å². The van der Waals surface area contributed by atoms with Crippen molar-refractivity contribution in [1.82, 2.24) is 0 Å². The first-order chi connectivity index (χ1) is 8.04. The summed E-state index contributed by atoms with van der Waals surface area (Å²) in [6.45, 7) is 3.54. The van der Waals surface area contributed by atoms with Crippen molar-refractivity contribution in [2.45, 2.75) is 13.8 Å². The number of allylic oxidation sites excluding steroid dienone is 1. The third-order valence-corrected chi connectivity index (χ3v) is 2.41. The lowest BCUT2D eigenvalue weighted by atomic mass is 10.3. The van der Waals surface area contributed by atoms with Gasteiger partial charge in [-0.15, -0.1) is 0 Å². The van der Waals surface area contributed by atoms with E-state index in [1.54, 1.807) is 26.0 Å². The van der Waals surface area contributed by atoms with Crippen LogP contribution in [0.15, 0.2) is 34.5 Å². The Kier molecular flexibility index (Phi) is 5.15. The van der Waals surface area contributed by atoms with Gasteiger partial charge >= 0.3 is 5.97 Å². The molecule has 0 aliphatic rings. The van der Waals surface area contributed by atoms with Gasteiger partial charge in [-0.2, -0.15) is 0 Å². The van der Waals surface area contributed by atoms with Crippen LogP contribution in [0.2, 0.25) is 0 Å². The molecular formula is C12H12BrFO3. The number of carbonyl (C=O) groups is 1. The Morgan fingerprint density at radius 3 is 2.88 bits per heavy atom. The van der Waals surface area contributed by atoms with Gasteiger partial charge < -0.3 is 9.47 Å². The lowest BCUT2D eigenvalue weighted by Gasteiger charge is -2.07. The Labute approximate surface area is 107 Å². The third kappa shape index (κ3) is 4.19. The molecule has 92 valence electrons. The molecule has 0 N–H and O–H groups in total. The molecule has 0 spiro atoms. The Bertz CT molecular complexity index is 443. The van der Waals surface area contributed by atoms with E-state index < -0.39 is 11.8 Å². The predicted molar refractivity (Wildman–Crippen MR) is 65.1 cm³/mol. The highest BCUT2D eigenvalue weighted by atomic mass is 79.9. The van der Waals surface area contributed by atoms with Crippen LogP contribution in [-0.2, 0) is 9.53 Å². The van der Waals surface area contributed by atoms with Crippen LogP contribution < -0.4 is 4.74 Å². The molecule has 0 atom stereocenters. The number of rotatable bonds is 4. The summed E-state index contributed by atoms with van der Waals surface area (Å²) in [6.07, 6.45) is 1.17. The summed E-state index contributed by atoms with van der Waals surface area (Å²) in [5, 5.41) is 0. The number of hydrogen-bond donors (Lipinski definition) is 0. The van der Waals surface area contributed by atoms with Crippen molar-refractivity contribution in [3.63, 3.8) is 0 Å². The minimum atomic E-state index is -0.514. The van der Waals surface area contributed by atoms with E-state index in [-0.39, 0.29) is 18.1 Å². The second kappa shape index (κ2) is 6.39. The van der Waals surface area contributed by atoms with Gasteiger partial charge in [-0.1, -0.05) is 6.07 Å². The standard InChI is InChI=1S/C12H12BrFO3/c1-3-16-11(15)7-8(2)17-10-6-4-5-9(13)12(10)14/h4-7H,3H2,1-2H3. The molecule has 1 aromatic rings. The average molecular weight is 303 g/mol. The molecule has 0 amide bonds. The highest BCUT2D eigenvalue weighted by molar-refractivity contribution is 9.10. The van der Waals surface area contributed by atoms with Crippen LogP contribution in [0.1, 0.15) is 13.8 Å². The van der Waals surface area contributed by atoms with Gasteiger partial charge in [-0.3, -0.25) is 0 Å². The summed E-state index contributed by atoms with van der Waals surface area (Å²) in [6, 6.07) is 4.68. The number of esters is 1. The monoisotopic (exact) mass is 302 g/mol. The Morgan fingerprint density at radius 1 is 1.53 bits per heavy atom. The lowest BCUT2D eigenvalue weighted by Crippen LogP contribution is -2.03. The van der Waals surface area contributed by atoms with Crippen molar-refractivity contribution >= 4 is 21.9 Å². The summed E-state index contributed by atoms with van der Waals surface area (Å²) in [4.78, 5) is 11.1. The first-order valence-corrected chi connectivity index (χ1v) is 5.80. The summed E-state index contributed by atoms with van der Waals surface area (Å²) in [7, 11) is 0. The van der Waals surface area contributed by atoms with Gasteiger partial charge in [0.15, 0.2) is 11.6 Å². The largest absolute Gasteiger partial charge is 0.463 e. The molecule has 0 fully saturated rings. The van der Waals surface area contributed by atoms with Crippen LogP contribution in [0.25, 0.3) is 0 Å². The number of benzene rings is 1. The van der Waals surface area contributed by atoms with Crippen molar-refractivity contribution < 1.29 is 18.7 Å². The zero-order chi connectivity index (χ0) is 12.8. The molecule has 1 rings (SSSR count). The van der Waals surface area contributed by atoms with E-state index in [1.165, 1.54) is 12.1 Å². The SMILES string of the molecule is CCOC(=O)C=C(C)Oc1cccc(Br)c1F. The molecule has 0 aliphatic heterocycles. The van der Waals surface area contributed by atoms with E-state index in [9.17, 15) is 9.18 Å². The van der Waals surface area contributed by atoms with Gasteiger partial charge in [0.2, 0.25) is 0 Å². The number of hydrogen-bond acceptors (Lipinski definition) is 3. The first kappa shape index (κ1) is 13.7. The molecule has 0 saturated heterocycles.